The van der Waals surface area contributed by atoms with E-state index in [0.717, 1.165) is 0 Å². The lowest BCUT2D eigenvalue weighted by atomic mass is 10.2. The summed E-state index contributed by atoms with van der Waals surface area (Å²) in [4.78, 5) is 33.7. The van der Waals surface area contributed by atoms with Crippen LogP contribution in [0.4, 0.5) is 4.79 Å². The van der Waals surface area contributed by atoms with Gasteiger partial charge in [-0.25, -0.2) is 4.79 Å². The van der Waals surface area contributed by atoms with Gasteiger partial charge in [0, 0.05) is 19.6 Å². The fourth-order valence-corrected chi connectivity index (χ4v) is 1.82. The maximum Gasteiger partial charge on any atom is 0.407 e. The zero-order chi connectivity index (χ0) is 21.3. The van der Waals surface area contributed by atoms with E-state index in [4.69, 9.17) is 23.7 Å². The average molecular weight is 405 g/mol. The maximum atomic E-state index is 11.6. The number of alkyl carbamates (subject to hydrolysis) is 1. The lowest BCUT2D eigenvalue weighted by molar-refractivity contribution is -0.125. The molecule has 1 amide bonds. The van der Waals surface area contributed by atoms with E-state index in [1.807, 2.05) is 0 Å². The van der Waals surface area contributed by atoms with Crippen molar-refractivity contribution < 1.29 is 38.1 Å². The maximum absolute atomic E-state index is 11.6. The summed E-state index contributed by atoms with van der Waals surface area (Å²) in [5.74, 6) is -0.0171. The van der Waals surface area contributed by atoms with Gasteiger partial charge < -0.3 is 29.0 Å². The molecule has 0 aliphatic carbocycles. The van der Waals surface area contributed by atoms with Crippen LogP contribution in [0.25, 0.3) is 0 Å². The number of Topliss-reactive ketones (excluding diaryl/α,β-unsaturated/α-hetero) is 2. The monoisotopic (exact) mass is 405 g/mol. The van der Waals surface area contributed by atoms with E-state index < -0.39 is 11.7 Å². The zero-order valence-electron chi connectivity index (χ0n) is 17.5. The van der Waals surface area contributed by atoms with Crippen molar-refractivity contribution in [1.82, 2.24) is 5.32 Å². The van der Waals surface area contributed by atoms with Crippen LogP contribution in [0, 0.1) is 0 Å². The smallest absolute Gasteiger partial charge is 0.407 e. The van der Waals surface area contributed by atoms with Crippen LogP contribution in [-0.4, -0.2) is 82.7 Å². The second-order valence-electron chi connectivity index (χ2n) is 7.10. The Morgan fingerprint density at radius 1 is 0.786 bits per heavy atom. The minimum absolute atomic E-state index is 0.00280. The normalized spacial score (nSPS) is 11.3. The topological polar surface area (TPSA) is 109 Å². The molecule has 0 radical (unpaired) electrons. The van der Waals surface area contributed by atoms with Crippen molar-refractivity contribution in [1.29, 1.82) is 0 Å². The summed E-state index contributed by atoms with van der Waals surface area (Å²) < 4.78 is 26.0. The molecule has 9 nitrogen and oxygen atoms in total. The van der Waals surface area contributed by atoms with Crippen LogP contribution in [-0.2, 0) is 33.3 Å². The Balaban J connectivity index is 3.33. The van der Waals surface area contributed by atoms with Gasteiger partial charge in [-0.15, -0.1) is 0 Å². The SMILES string of the molecule is CC(=O)COCCOCCCC(=O)COCCOCCNC(=O)OC(C)(C)C. The van der Waals surface area contributed by atoms with E-state index in [1.54, 1.807) is 20.8 Å². The molecule has 164 valence electrons. The molecule has 0 aromatic carbocycles. The molecule has 0 spiro atoms. The highest BCUT2D eigenvalue weighted by Crippen LogP contribution is 2.06. The van der Waals surface area contributed by atoms with Gasteiger partial charge >= 0.3 is 6.09 Å². The molecular weight excluding hydrogens is 370 g/mol. The van der Waals surface area contributed by atoms with Crippen LogP contribution in [0.3, 0.4) is 0 Å². The number of amides is 1. The first-order chi connectivity index (χ1) is 13.2. The van der Waals surface area contributed by atoms with Crippen molar-refractivity contribution in [3.63, 3.8) is 0 Å². The first kappa shape index (κ1) is 26.4. The minimum Gasteiger partial charge on any atom is -0.444 e. The Morgan fingerprint density at radius 3 is 1.96 bits per heavy atom. The Bertz CT molecular complexity index is 448. The summed E-state index contributed by atoms with van der Waals surface area (Å²) >= 11 is 0. The molecule has 9 heteroatoms. The van der Waals surface area contributed by atoms with Crippen LogP contribution in [0.2, 0.25) is 0 Å². The molecule has 0 rings (SSSR count). The number of carbonyl (C=O) groups is 3. The Kier molecular flexibility index (Phi) is 15.5. The van der Waals surface area contributed by atoms with Crippen molar-refractivity contribution in [2.75, 3.05) is 59.4 Å². The average Bonchev–Trinajstić information content (AvgIpc) is 2.57. The van der Waals surface area contributed by atoms with Crippen LogP contribution in [0.1, 0.15) is 40.5 Å². The number of nitrogens with one attached hydrogen (secondary N) is 1. The molecule has 0 aliphatic rings. The summed E-state index contributed by atoms with van der Waals surface area (Å²) in [6, 6.07) is 0. The molecular formula is C19H35NO8. The van der Waals surface area contributed by atoms with Crippen LogP contribution in [0.15, 0.2) is 0 Å². The van der Waals surface area contributed by atoms with Crippen molar-refractivity contribution in [2.45, 2.75) is 46.1 Å². The van der Waals surface area contributed by atoms with Gasteiger partial charge in [-0.2, -0.15) is 0 Å². The van der Waals surface area contributed by atoms with Gasteiger partial charge in [-0.1, -0.05) is 0 Å². The van der Waals surface area contributed by atoms with E-state index >= 15 is 0 Å². The molecule has 0 saturated carbocycles. The van der Waals surface area contributed by atoms with Crippen molar-refractivity contribution in [3.8, 4) is 0 Å². The third kappa shape index (κ3) is 20.8. The minimum atomic E-state index is -0.526. The third-order valence-corrected chi connectivity index (χ3v) is 2.97. The predicted octanol–water partition coefficient (Wildman–Crippen LogP) is 1.52. The number of ketones is 2. The number of ether oxygens (including phenoxy) is 5. The third-order valence-electron chi connectivity index (χ3n) is 2.97. The van der Waals surface area contributed by atoms with Crippen LogP contribution < -0.4 is 5.32 Å². The highest BCUT2D eigenvalue weighted by atomic mass is 16.6. The molecule has 28 heavy (non-hydrogen) atoms. The Labute approximate surface area is 167 Å². The summed E-state index contributed by atoms with van der Waals surface area (Å²) in [5, 5.41) is 2.58. The second-order valence-corrected chi connectivity index (χ2v) is 7.10. The number of hydrogen-bond donors (Lipinski definition) is 1. The zero-order valence-corrected chi connectivity index (χ0v) is 17.5. The lowest BCUT2D eigenvalue weighted by Crippen LogP contribution is -2.34. The van der Waals surface area contributed by atoms with Gasteiger partial charge in [-0.05, 0) is 34.1 Å². The Morgan fingerprint density at radius 2 is 1.36 bits per heavy atom. The van der Waals surface area contributed by atoms with Gasteiger partial charge in [-0.3, -0.25) is 9.59 Å². The van der Waals surface area contributed by atoms with Crippen molar-refractivity contribution in [2.24, 2.45) is 0 Å². The second kappa shape index (κ2) is 16.4. The fourth-order valence-electron chi connectivity index (χ4n) is 1.82. The van der Waals surface area contributed by atoms with E-state index in [0.29, 0.717) is 59.0 Å². The molecule has 0 aromatic rings. The van der Waals surface area contributed by atoms with Crippen LogP contribution in [0.5, 0.6) is 0 Å². The molecule has 1 N–H and O–H groups in total. The van der Waals surface area contributed by atoms with Gasteiger partial charge in [0.2, 0.25) is 0 Å². The molecule has 0 aliphatic heterocycles. The molecule has 0 unspecified atom stereocenters. The van der Waals surface area contributed by atoms with Gasteiger partial charge in [0.05, 0.1) is 33.0 Å². The van der Waals surface area contributed by atoms with Crippen molar-refractivity contribution in [3.05, 3.63) is 0 Å². The quantitative estimate of drug-likeness (QED) is 0.363. The van der Waals surface area contributed by atoms with E-state index in [2.05, 4.69) is 5.32 Å². The molecule has 0 aromatic heterocycles. The van der Waals surface area contributed by atoms with Gasteiger partial charge in [0.15, 0.2) is 11.6 Å². The Hall–Kier alpha value is -1.55. The molecule has 0 saturated heterocycles. The summed E-state index contributed by atoms with van der Waals surface area (Å²) in [7, 11) is 0. The molecule has 0 bridgehead atoms. The highest BCUT2D eigenvalue weighted by molar-refractivity contribution is 5.79. The lowest BCUT2D eigenvalue weighted by Gasteiger charge is -2.19. The van der Waals surface area contributed by atoms with Gasteiger partial charge in [0.25, 0.3) is 0 Å². The summed E-state index contributed by atoms with van der Waals surface area (Å²) in [5.41, 5.74) is -0.526. The van der Waals surface area contributed by atoms with Gasteiger partial charge in [0.1, 0.15) is 18.8 Å². The van der Waals surface area contributed by atoms with E-state index in [9.17, 15) is 14.4 Å². The number of hydrogen-bond acceptors (Lipinski definition) is 8. The number of rotatable bonds is 17. The summed E-state index contributed by atoms with van der Waals surface area (Å²) in [6.45, 7) is 9.54. The van der Waals surface area contributed by atoms with Crippen LogP contribution >= 0.6 is 0 Å². The highest BCUT2D eigenvalue weighted by Gasteiger charge is 2.15. The first-order valence-corrected chi connectivity index (χ1v) is 9.49. The largest absolute Gasteiger partial charge is 0.444 e. The molecule has 0 atom stereocenters. The standard InChI is InChI=1S/C19H35NO8/c1-16(21)14-26-12-10-24-8-5-6-17(22)15-27-13-11-25-9-7-20-18(23)28-19(2,3)4/h5-15H2,1-4H3,(H,20,23). The molecule has 0 heterocycles. The van der Waals surface area contributed by atoms with Crippen molar-refractivity contribution >= 4 is 17.7 Å². The fraction of sp³-hybridized carbons (Fsp3) is 0.842. The first-order valence-electron chi connectivity index (χ1n) is 9.49. The summed E-state index contributed by atoms with van der Waals surface area (Å²) in [6.07, 6.45) is 0.516. The van der Waals surface area contributed by atoms with E-state index in [1.165, 1.54) is 6.92 Å². The predicted molar refractivity (Wildman–Crippen MR) is 102 cm³/mol. The molecule has 0 fully saturated rings. The van der Waals surface area contributed by atoms with E-state index in [-0.39, 0.29) is 24.8 Å². The number of carbonyl (C=O) groups excluding carboxylic acids is 3.